The summed E-state index contributed by atoms with van der Waals surface area (Å²) in [7, 11) is 0. The van der Waals surface area contributed by atoms with Crippen molar-refractivity contribution in [2.45, 2.75) is 34.1 Å². The molecule has 2 rings (SSSR count). The maximum atomic E-state index is 12.4. The van der Waals surface area contributed by atoms with Crippen molar-refractivity contribution in [3.63, 3.8) is 0 Å². The van der Waals surface area contributed by atoms with Gasteiger partial charge in [0.05, 0.1) is 0 Å². The monoisotopic (exact) mass is 313 g/mol. The van der Waals surface area contributed by atoms with E-state index in [-0.39, 0.29) is 15.8 Å². The van der Waals surface area contributed by atoms with Crippen molar-refractivity contribution < 1.29 is 17.9 Å². The summed E-state index contributed by atoms with van der Waals surface area (Å²) in [6.07, 6.45) is -0.871. The molecule has 1 aromatic carbocycles. The van der Waals surface area contributed by atoms with Crippen LogP contribution in [-0.4, -0.2) is 18.6 Å². The first-order valence-corrected chi connectivity index (χ1v) is 7.10. The van der Waals surface area contributed by atoms with Gasteiger partial charge in [0, 0.05) is 23.6 Å². The Kier molecular flexibility index (Phi) is 4.08. The van der Waals surface area contributed by atoms with E-state index in [1.54, 1.807) is 12.1 Å². The zero-order valence-electron chi connectivity index (χ0n) is 13.1. The molecule has 120 valence electrons. The van der Waals surface area contributed by atoms with Crippen LogP contribution in [0.4, 0.5) is 18.9 Å². The van der Waals surface area contributed by atoms with E-state index in [0.29, 0.717) is 12.2 Å². The van der Waals surface area contributed by atoms with E-state index in [1.165, 1.54) is 12.1 Å². The van der Waals surface area contributed by atoms with E-state index in [9.17, 15) is 13.2 Å². The molecule has 22 heavy (non-hydrogen) atoms. The van der Waals surface area contributed by atoms with Gasteiger partial charge in [-0.25, -0.2) is 0 Å². The Morgan fingerprint density at radius 3 is 2.36 bits per heavy atom. The molecule has 0 aliphatic carbocycles. The van der Waals surface area contributed by atoms with Gasteiger partial charge in [-0.15, -0.1) is 17.8 Å². The fourth-order valence-electron chi connectivity index (χ4n) is 2.28. The van der Waals surface area contributed by atoms with Gasteiger partial charge in [0.1, 0.15) is 24.2 Å². The van der Waals surface area contributed by atoms with Gasteiger partial charge in [-0.3, -0.25) is 0 Å². The molecule has 0 amide bonds. The molecule has 1 aliphatic rings. The molecule has 3 nitrogen and oxygen atoms in total. The maximum Gasteiger partial charge on any atom is 0.573 e. The molecule has 1 heterocycles. The molecule has 1 aliphatic heterocycles. The highest BCUT2D eigenvalue weighted by molar-refractivity contribution is 6.01. The first-order chi connectivity index (χ1) is 10.1. The van der Waals surface area contributed by atoms with Crippen LogP contribution in [0, 0.1) is 5.41 Å². The minimum Gasteiger partial charge on any atom is -0.406 e. The SMILES string of the molecule is CC[N+]1(c2cccc(OC(F)(F)F)c2)C=CC(C(C)(C)C)=N1. The third-order valence-electron chi connectivity index (χ3n) is 3.51. The van der Waals surface area contributed by atoms with Crippen molar-refractivity contribution >= 4 is 11.4 Å². The first kappa shape index (κ1) is 16.5. The van der Waals surface area contributed by atoms with Crippen LogP contribution < -0.4 is 9.33 Å². The smallest absolute Gasteiger partial charge is 0.406 e. The summed E-state index contributed by atoms with van der Waals surface area (Å²) in [5.74, 6) is -0.233. The predicted molar refractivity (Wildman–Crippen MR) is 81.5 cm³/mol. The van der Waals surface area contributed by atoms with E-state index in [2.05, 4.69) is 25.5 Å². The first-order valence-electron chi connectivity index (χ1n) is 7.10. The van der Waals surface area contributed by atoms with Crippen molar-refractivity contribution in [1.82, 2.24) is 4.59 Å². The second-order valence-corrected chi connectivity index (χ2v) is 6.24. The van der Waals surface area contributed by atoms with E-state index < -0.39 is 6.36 Å². The van der Waals surface area contributed by atoms with Gasteiger partial charge in [-0.1, -0.05) is 31.9 Å². The lowest BCUT2D eigenvalue weighted by atomic mass is 9.90. The summed E-state index contributed by atoms with van der Waals surface area (Å²) in [5.41, 5.74) is 1.43. The molecule has 0 radical (unpaired) electrons. The highest BCUT2D eigenvalue weighted by Gasteiger charge is 2.36. The van der Waals surface area contributed by atoms with Crippen LogP contribution in [0.1, 0.15) is 27.7 Å². The third-order valence-corrected chi connectivity index (χ3v) is 3.51. The molecule has 0 bridgehead atoms. The standard InChI is InChI=1S/C16H20F3N2O/c1-5-21(10-9-14(20-21)15(2,3)4)12-7-6-8-13(11-12)22-16(17,18)19/h6-11H,5H2,1-4H3/q+1. The summed E-state index contributed by atoms with van der Waals surface area (Å²) in [6, 6.07) is 5.98. The zero-order valence-corrected chi connectivity index (χ0v) is 13.1. The topological polar surface area (TPSA) is 21.6 Å². The molecule has 0 spiro atoms. The van der Waals surface area contributed by atoms with Crippen LogP contribution in [0.2, 0.25) is 0 Å². The Hall–Kier alpha value is -1.82. The Morgan fingerprint density at radius 2 is 1.86 bits per heavy atom. The van der Waals surface area contributed by atoms with Crippen molar-refractivity contribution in [2.75, 3.05) is 6.54 Å². The van der Waals surface area contributed by atoms with Gasteiger partial charge in [-0.05, 0) is 13.0 Å². The fraction of sp³-hybridized carbons (Fsp3) is 0.438. The van der Waals surface area contributed by atoms with Gasteiger partial charge < -0.3 is 4.74 Å². The number of nitrogens with zero attached hydrogens (tertiary/aromatic N) is 2. The molecule has 6 heteroatoms. The van der Waals surface area contributed by atoms with E-state index in [1.807, 2.05) is 19.2 Å². The Labute approximate surface area is 128 Å². The number of rotatable bonds is 3. The molecule has 0 saturated heterocycles. The maximum absolute atomic E-state index is 12.4. The van der Waals surface area contributed by atoms with Crippen LogP contribution in [0.3, 0.4) is 0 Å². The van der Waals surface area contributed by atoms with Gasteiger partial charge in [0.2, 0.25) is 0 Å². The average Bonchev–Trinajstić information content (AvgIpc) is 2.82. The number of halogens is 3. The number of benzene rings is 1. The lowest BCUT2D eigenvalue weighted by molar-refractivity contribution is -0.274. The normalized spacial score (nSPS) is 21.9. The molecule has 0 aromatic heterocycles. The summed E-state index contributed by atoms with van der Waals surface area (Å²) in [5, 5.41) is 4.72. The number of hydrogen-bond acceptors (Lipinski definition) is 2. The molecule has 1 aromatic rings. The lowest BCUT2D eigenvalue weighted by Crippen LogP contribution is -2.36. The van der Waals surface area contributed by atoms with Gasteiger partial charge >= 0.3 is 6.36 Å². The quantitative estimate of drug-likeness (QED) is 0.732. The molecular weight excluding hydrogens is 293 g/mol. The molecule has 1 atom stereocenters. The van der Waals surface area contributed by atoms with Crippen molar-refractivity contribution in [2.24, 2.45) is 10.5 Å². The largest absolute Gasteiger partial charge is 0.573 e. The Morgan fingerprint density at radius 1 is 1.18 bits per heavy atom. The number of allylic oxidation sites excluding steroid dienone is 1. The van der Waals surface area contributed by atoms with Crippen LogP contribution in [0.15, 0.2) is 41.6 Å². The fourth-order valence-corrected chi connectivity index (χ4v) is 2.28. The molecular formula is C16H20F3N2O+. The summed E-state index contributed by atoms with van der Waals surface area (Å²) in [6.45, 7) is 8.70. The Balaban J connectivity index is 2.40. The van der Waals surface area contributed by atoms with Gasteiger partial charge in [-0.2, -0.15) is 0 Å². The highest BCUT2D eigenvalue weighted by atomic mass is 19.4. The summed E-state index contributed by atoms with van der Waals surface area (Å²) >= 11 is 0. The van der Waals surface area contributed by atoms with Crippen LogP contribution >= 0.6 is 0 Å². The predicted octanol–water partition coefficient (Wildman–Crippen LogP) is 4.84. The van der Waals surface area contributed by atoms with E-state index in [4.69, 9.17) is 5.10 Å². The van der Waals surface area contributed by atoms with Crippen LogP contribution in [-0.2, 0) is 0 Å². The Bertz CT molecular complexity index is 615. The van der Waals surface area contributed by atoms with Gasteiger partial charge in [0.25, 0.3) is 0 Å². The molecule has 0 fully saturated rings. The summed E-state index contributed by atoms with van der Waals surface area (Å²) < 4.78 is 41.3. The second-order valence-electron chi connectivity index (χ2n) is 6.24. The van der Waals surface area contributed by atoms with Crippen LogP contribution in [0.25, 0.3) is 0 Å². The van der Waals surface area contributed by atoms with Crippen molar-refractivity contribution in [3.05, 3.63) is 36.5 Å². The van der Waals surface area contributed by atoms with Gasteiger partial charge in [0.15, 0.2) is 5.69 Å². The molecule has 0 saturated carbocycles. The number of ether oxygens (including phenoxy) is 1. The number of quaternary nitrogens is 1. The minimum atomic E-state index is -4.70. The lowest BCUT2D eigenvalue weighted by Gasteiger charge is -2.25. The highest BCUT2D eigenvalue weighted by Crippen LogP contribution is 2.35. The van der Waals surface area contributed by atoms with Crippen LogP contribution in [0.5, 0.6) is 5.75 Å². The minimum absolute atomic E-state index is 0.119. The second kappa shape index (κ2) is 5.43. The molecule has 1 unspecified atom stereocenters. The average molecular weight is 313 g/mol. The number of alkyl halides is 3. The summed E-state index contributed by atoms with van der Waals surface area (Å²) in [4.78, 5) is 0. The third kappa shape index (κ3) is 3.50. The van der Waals surface area contributed by atoms with Crippen molar-refractivity contribution in [3.8, 4) is 5.75 Å². The number of hydrogen-bond donors (Lipinski definition) is 0. The molecule has 0 N–H and O–H groups in total. The van der Waals surface area contributed by atoms with E-state index >= 15 is 0 Å². The van der Waals surface area contributed by atoms with E-state index in [0.717, 1.165) is 5.71 Å². The zero-order chi connectivity index (χ0) is 16.6. The van der Waals surface area contributed by atoms with Crippen molar-refractivity contribution in [1.29, 1.82) is 0 Å².